The molecule has 2 rings (SSSR count). The number of anilines is 1. The van der Waals surface area contributed by atoms with E-state index in [0.29, 0.717) is 0 Å². The first kappa shape index (κ1) is 13.0. The Balaban J connectivity index is 2.24. The first-order chi connectivity index (χ1) is 8.74. The van der Waals surface area contributed by atoms with Gasteiger partial charge in [0.05, 0.1) is 0 Å². The third-order valence-corrected chi connectivity index (χ3v) is 3.60. The number of hydrogen-bond donors (Lipinski definition) is 1. The molecule has 96 valence electrons. The lowest BCUT2D eigenvalue weighted by molar-refractivity contribution is -0.119. The van der Waals surface area contributed by atoms with Crippen LogP contribution in [-0.4, -0.2) is 36.8 Å². The molecule has 1 unspecified atom stereocenters. The van der Waals surface area contributed by atoms with Gasteiger partial charge in [0, 0.05) is 24.0 Å². The maximum absolute atomic E-state index is 11.5. The molecule has 0 spiro atoms. The van der Waals surface area contributed by atoms with Crippen LogP contribution in [0.5, 0.6) is 0 Å². The van der Waals surface area contributed by atoms with Crippen LogP contribution in [0.2, 0.25) is 0 Å². The summed E-state index contributed by atoms with van der Waals surface area (Å²) in [5.74, 6) is 0.665. The molecule has 0 bridgehead atoms. The number of nitrogens with zero attached hydrogens (tertiary/aromatic N) is 2. The van der Waals surface area contributed by atoms with Crippen LogP contribution in [0.3, 0.4) is 0 Å². The normalized spacial score (nSPS) is 17.6. The second-order valence-electron chi connectivity index (χ2n) is 4.15. The van der Waals surface area contributed by atoms with Gasteiger partial charge in [0.2, 0.25) is 6.17 Å². The van der Waals surface area contributed by atoms with E-state index in [2.05, 4.69) is 11.2 Å². The summed E-state index contributed by atoms with van der Waals surface area (Å²) in [6.07, 6.45) is 4.25. The molecular weight excluding hydrogens is 246 g/mol. The lowest BCUT2D eigenvalue weighted by Gasteiger charge is -2.33. The Hall–Kier alpha value is -1.49. The molecule has 1 aromatic carbocycles. The van der Waals surface area contributed by atoms with Gasteiger partial charge in [-0.05, 0) is 24.5 Å². The summed E-state index contributed by atoms with van der Waals surface area (Å²) in [6, 6.07) is 7.94. The van der Waals surface area contributed by atoms with Crippen LogP contribution in [0.15, 0.2) is 29.3 Å². The van der Waals surface area contributed by atoms with Crippen molar-refractivity contribution in [2.75, 3.05) is 23.5 Å². The van der Waals surface area contributed by atoms with Crippen molar-refractivity contribution < 1.29 is 4.79 Å². The molecule has 1 aromatic rings. The summed E-state index contributed by atoms with van der Waals surface area (Å²) in [5, 5.41) is 0. The minimum absolute atomic E-state index is 0.398. The molecule has 1 aliphatic rings. The predicted octanol–water partition coefficient (Wildman–Crippen LogP) is 1.49. The fraction of sp³-hybridized carbons (Fsp3) is 0.385. The number of primary amides is 1. The molecular formula is C13H17N3OS. The molecule has 5 heteroatoms. The summed E-state index contributed by atoms with van der Waals surface area (Å²) >= 11 is 1.80. The van der Waals surface area contributed by atoms with Gasteiger partial charge in [-0.25, -0.2) is 0 Å². The number of carbonyl (C=O) groups is 1. The van der Waals surface area contributed by atoms with Gasteiger partial charge in [0.1, 0.15) is 0 Å². The van der Waals surface area contributed by atoms with E-state index < -0.39 is 12.1 Å². The Kier molecular flexibility index (Phi) is 4.25. The van der Waals surface area contributed by atoms with Crippen molar-refractivity contribution >= 4 is 29.6 Å². The molecule has 1 heterocycles. The van der Waals surface area contributed by atoms with Gasteiger partial charge in [0.15, 0.2) is 0 Å². The highest BCUT2D eigenvalue weighted by Crippen LogP contribution is 2.25. The molecule has 1 aliphatic heterocycles. The van der Waals surface area contributed by atoms with Gasteiger partial charge in [-0.2, -0.15) is 11.8 Å². The minimum atomic E-state index is -0.568. The number of fused-ring (bicyclic) bond motifs is 1. The van der Waals surface area contributed by atoms with E-state index >= 15 is 0 Å². The SMILES string of the molecule is CSCCCN1c2ccccc2C=NC1C(N)=O. The second-order valence-corrected chi connectivity index (χ2v) is 5.14. The lowest BCUT2D eigenvalue weighted by Crippen LogP contribution is -2.46. The average Bonchev–Trinajstić information content (AvgIpc) is 2.38. The standard InChI is InChI=1S/C13H17N3OS/c1-18-8-4-7-16-11-6-3-2-5-10(11)9-15-13(16)12(14)17/h2-3,5-6,9,13H,4,7-8H2,1H3,(H2,14,17). The van der Waals surface area contributed by atoms with Crippen LogP contribution < -0.4 is 10.6 Å². The zero-order valence-electron chi connectivity index (χ0n) is 10.4. The van der Waals surface area contributed by atoms with Crippen LogP contribution in [0.4, 0.5) is 5.69 Å². The summed E-state index contributed by atoms with van der Waals surface area (Å²) in [5.41, 5.74) is 7.50. The zero-order valence-corrected chi connectivity index (χ0v) is 11.2. The molecule has 1 atom stereocenters. The molecule has 0 saturated heterocycles. The number of nitrogens with two attached hydrogens (primary N) is 1. The predicted molar refractivity (Wildman–Crippen MR) is 77.4 cm³/mol. The van der Waals surface area contributed by atoms with E-state index in [-0.39, 0.29) is 0 Å². The lowest BCUT2D eigenvalue weighted by atomic mass is 10.1. The smallest absolute Gasteiger partial charge is 0.262 e. The monoisotopic (exact) mass is 263 g/mol. The number of aliphatic imine (C=N–C) groups is 1. The van der Waals surface area contributed by atoms with E-state index in [9.17, 15) is 4.79 Å². The first-order valence-electron chi connectivity index (χ1n) is 5.91. The van der Waals surface area contributed by atoms with Gasteiger partial charge in [-0.3, -0.25) is 9.79 Å². The molecule has 4 nitrogen and oxygen atoms in total. The Morgan fingerprint density at radius 1 is 1.50 bits per heavy atom. The van der Waals surface area contributed by atoms with Crippen molar-refractivity contribution in [1.82, 2.24) is 0 Å². The van der Waals surface area contributed by atoms with Crippen LogP contribution >= 0.6 is 11.8 Å². The largest absolute Gasteiger partial charge is 0.366 e. The third-order valence-electron chi connectivity index (χ3n) is 2.90. The van der Waals surface area contributed by atoms with Crippen molar-refractivity contribution in [3.05, 3.63) is 29.8 Å². The van der Waals surface area contributed by atoms with Gasteiger partial charge in [0.25, 0.3) is 5.91 Å². The van der Waals surface area contributed by atoms with E-state index in [4.69, 9.17) is 5.73 Å². The topological polar surface area (TPSA) is 58.7 Å². The van der Waals surface area contributed by atoms with Crippen LogP contribution in [0.25, 0.3) is 0 Å². The number of amides is 1. The van der Waals surface area contributed by atoms with E-state index in [0.717, 1.165) is 30.0 Å². The van der Waals surface area contributed by atoms with Crippen molar-refractivity contribution in [1.29, 1.82) is 0 Å². The van der Waals surface area contributed by atoms with Gasteiger partial charge in [-0.15, -0.1) is 0 Å². The molecule has 0 aromatic heterocycles. The Labute approximate surface area is 111 Å². The van der Waals surface area contributed by atoms with E-state index in [1.165, 1.54) is 0 Å². The Morgan fingerprint density at radius 2 is 2.28 bits per heavy atom. The highest BCUT2D eigenvalue weighted by Gasteiger charge is 2.26. The molecule has 0 radical (unpaired) electrons. The van der Waals surface area contributed by atoms with Crippen molar-refractivity contribution in [3.8, 4) is 0 Å². The fourth-order valence-electron chi connectivity index (χ4n) is 2.07. The summed E-state index contributed by atoms with van der Waals surface area (Å²) in [4.78, 5) is 17.7. The van der Waals surface area contributed by atoms with E-state index in [1.54, 1.807) is 18.0 Å². The Bertz CT molecular complexity index is 461. The number of carbonyl (C=O) groups excluding carboxylic acids is 1. The zero-order chi connectivity index (χ0) is 13.0. The summed E-state index contributed by atoms with van der Waals surface area (Å²) < 4.78 is 0. The number of para-hydroxylation sites is 1. The van der Waals surface area contributed by atoms with Crippen molar-refractivity contribution in [3.63, 3.8) is 0 Å². The maximum Gasteiger partial charge on any atom is 0.262 e. The maximum atomic E-state index is 11.5. The molecule has 18 heavy (non-hydrogen) atoms. The van der Waals surface area contributed by atoms with E-state index in [1.807, 2.05) is 29.2 Å². The van der Waals surface area contributed by atoms with Crippen LogP contribution in [-0.2, 0) is 4.79 Å². The molecule has 0 fully saturated rings. The molecule has 0 aliphatic carbocycles. The molecule has 0 saturated carbocycles. The third kappa shape index (κ3) is 2.67. The van der Waals surface area contributed by atoms with Crippen molar-refractivity contribution in [2.24, 2.45) is 10.7 Å². The second kappa shape index (κ2) is 5.91. The summed E-state index contributed by atoms with van der Waals surface area (Å²) in [6.45, 7) is 0.794. The average molecular weight is 263 g/mol. The van der Waals surface area contributed by atoms with Crippen molar-refractivity contribution in [2.45, 2.75) is 12.6 Å². The molecule has 2 N–H and O–H groups in total. The first-order valence-corrected chi connectivity index (χ1v) is 7.30. The summed E-state index contributed by atoms with van der Waals surface area (Å²) in [7, 11) is 0. The number of hydrogen-bond acceptors (Lipinski definition) is 4. The van der Waals surface area contributed by atoms with Gasteiger partial charge < -0.3 is 10.6 Å². The van der Waals surface area contributed by atoms with Crippen LogP contribution in [0.1, 0.15) is 12.0 Å². The Morgan fingerprint density at radius 3 is 3.00 bits per heavy atom. The minimum Gasteiger partial charge on any atom is -0.366 e. The number of rotatable bonds is 5. The highest BCUT2D eigenvalue weighted by atomic mass is 32.2. The van der Waals surface area contributed by atoms with Gasteiger partial charge in [-0.1, -0.05) is 18.2 Å². The van der Waals surface area contributed by atoms with Gasteiger partial charge >= 0.3 is 0 Å². The number of benzene rings is 1. The number of thioether (sulfide) groups is 1. The highest BCUT2D eigenvalue weighted by molar-refractivity contribution is 7.98. The fourth-order valence-corrected chi connectivity index (χ4v) is 2.49. The molecule has 1 amide bonds. The van der Waals surface area contributed by atoms with Crippen LogP contribution in [0, 0.1) is 0 Å². The quantitative estimate of drug-likeness (QED) is 0.819.